The zero-order chi connectivity index (χ0) is 14.7. The predicted molar refractivity (Wildman–Crippen MR) is 81.8 cm³/mol. The number of para-hydroxylation sites is 1. The van der Waals surface area contributed by atoms with Crippen LogP contribution in [0, 0.1) is 5.92 Å². The van der Waals surface area contributed by atoms with Crippen LogP contribution in [0.4, 0.5) is 5.69 Å². The highest BCUT2D eigenvalue weighted by Crippen LogP contribution is 2.36. The zero-order valence-corrected chi connectivity index (χ0v) is 12.8. The maximum Gasteiger partial charge on any atom is 0.238 e. The van der Waals surface area contributed by atoms with Crippen molar-refractivity contribution in [1.29, 1.82) is 0 Å². The summed E-state index contributed by atoms with van der Waals surface area (Å²) in [5.74, 6) is 0.215. The Balaban J connectivity index is 1.97. The van der Waals surface area contributed by atoms with Gasteiger partial charge in [-0.3, -0.25) is 9.59 Å². The first-order valence-electron chi connectivity index (χ1n) is 6.83. The number of fused-ring (bicyclic) bond motifs is 1. The Hall–Kier alpha value is -1.49. The van der Waals surface area contributed by atoms with Crippen LogP contribution in [-0.2, 0) is 9.59 Å². The first-order valence-corrected chi connectivity index (χ1v) is 7.71. The molecule has 4 nitrogen and oxygen atoms in total. The van der Waals surface area contributed by atoms with Crippen molar-refractivity contribution in [3.63, 3.8) is 0 Å². The minimum atomic E-state index is -0.357. The van der Waals surface area contributed by atoms with E-state index in [1.165, 1.54) is 11.8 Å². The monoisotopic (exact) mass is 292 g/mol. The molecule has 2 amide bonds. The van der Waals surface area contributed by atoms with Gasteiger partial charge in [0.2, 0.25) is 11.8 Å². The lowest BCUT2D eigenvalue weighted by Gasteiger charge is -2.24. The van der Waals surface area contributed by atoms with Crippen LogP contribution in [-0.4, -0.2) is 23.1 Å². The topological polar surface area (TPSA) is 58.2 Å². The fourth-order valence-electron chi connectivity index (χ4n) is 1.87. The second kappa shape index (κ2) is 6.31. The van der Waals surface area contributed by atoms with E-state index < -0.39 is 0 Å². The molecule has 1 aliphatic heterocycles. The summed E-state index contributed by atoms with van der Waals surface area (Å²) in [5.41, 5.74) is 0.828. The van der Waals surface area contributed by atoms with E-state index >= 15 is 0 Å². The average molecular weight is 292 g/mol. The summed E-state index contributed by atoms with van der Waals surface area (Å²) < 4.78 is 0. The van der Waals surface area contributed by atoms with E-state index in [0.29, 0.717) is 5.92 Å². The van der Waals surface area contributed by atoms with Crippen LogP contribution in [0.3, 0.4) is 0 Å². The van der Waals surface area contributed by atoms with Gasteiger partial charge in [0.15, 0.2) is 0 Å². The molecule has 2 N–H and O–H groups in total. The van der Waals surface area contributed by atoms with Gasteiger partial charge >= 0.3 is 0 Å². The van der Waals surface area contributed by atoms with E-state index in [0.717, 1.165) is 10.6 Å². The molecule has 0 aliphatic carbocycles. The van der Waals surface area contributed by atoms with Gasteiger partial charge in [0.05, 0.1) is 10.9 Å². The highest BCUT2D eigenvalue weighted by atomic mass is 32.2. The molecule has 1 aliphatic rings. The normalized spacial score (nSPS) is 19.2. The Morgan fingerprint density at radius 2 is 2.05 bits per heavy atom. The number of rotatable bonds is 4. The van der Waals surface area contributed by atoms with Crippen molar-refractivity contribution in [3.05, 3.63) is 24.3 Å². The summed E-state index contributed by atoms with van der Waals surface area (Å²) >= 11 is 1.46. The van der Waals surface area contributed by atoms with Crippen LogP contribution < -0.4 is 10.6 Å². The summed E-state index contributed by atoms with van der Waals surface area (Å²) in [6.45, 7) is 6.10. The first kappa shape index (κ1) is 14.9. The predicted octanol–water partition coefficient (Wildman–Crippen LogP) is 2.65. The molecule has 5 heteroatoms. The maximum absolute atomic E-state index is 12.0. The highest BCUT2D eigenvalue weighted by molar-refractivity contribution is 8.01. The van der Waals surface area contributed by atoms with Crippen LogP contribution in [0.1, 0.15) is 27.2 Å². The van der Waals surface area contributed by atoms with Gasteiger partial charge in [0, 0.05) is 17.4 Å². The molecule has 0 saturated carbocycles. The minimum Gasteiger partial charge on any atom is -0.353 e. The lowest BCUT2D eigenvalue weighted by atomic mass is 10.1. The highest BCUT2D eigenvalue weighted by Gasteiger charge is 2.29. The zero-order valence-electron chi connectivity index (χ0n) is 12.0. The molecule has 0 bridgehead atoms. The molecule has 1 heterocycles. The molecule has 0 saturated heterocycles. The third-order valence-electron chi connectivity index (χ3n) is 3.47. The van der Waals surface area contributed by atoms with Crippen molar-refractivity contribution in [2.45, 2.75) is 43.4 Å². The number of anilines is 1. The number of hydrogen-bond acceptors (Lipinski definition) is 3. The van der Waals surface area contributed by atoms with Crippen molar-refractivity contribution < 1.29 is 9.59 Å². The number of carbonyl (C=O) groups is 2. The molecule has 0 spiro atoms. The van der Waals surface area contributed by atoms with Crippen LogP contribution in [0.25, 0.3) is 0 Å². The van der Waals surface area contributed by atoms with Gasteiger partial charge in [0.25, 0.3) is 0 Å². The number of thioether (sulfide) groups is 1. The number of hydrogen-bond donors (Lipinski definition) is 2. The summed E-state index contributed by atoms with van der Waals surface area (Å²) in [6, 6.07) is 7.77. The molecular weight excluding hydrogens is 272 g/mol. The van der Waals surface area contributed by atoms with Gasteiger partial charge < -0.3 is 10.6 Å². The minimum absolute atomic E-state index is 0.0711. The first-order chi connectivity index (χ1) is 9.47. The van der Waals surface area contributed by atoms with Crippen LogP contribution in [0.15, 0.2) is 29.2 Å². The Bertz CT molecular complexity index is 516. The fraction of sp³-hybridized carbons (Fsp3) is 0.467. The van der Waals surface area contributed by atoms with Crippen molar-refractivity contribution in [2.24, 2.45) is 5.92 Å². The average Bonchev–Trinajstić information content (AvgIpc) is 2.39. The molecule has 0 aromatic heterocycles. The van der Waals surface area contributed by atoms with E-state index in [1.54, 1.807) is 0 Å². The van der Waals surface area contributed by atoms with Crippen LogP contribution in [0.5, 0.6) is 0 Å². The lowest BCUT2D eigenvalue weighted by Crippen LogP contribution is -2.40. The number of carbonyl (C=O) groups excluding carboxylic acids is 2. The Morgan fingerprint density at radius 1 is 1.35 bits per heavy atom. The Morgan fingerprint density at radius 3 is 2.75 bits per heavy atom. The molecule has 20 heavy (non-hydrogen) atoms. The van der Waals surface area contributed by atoms with E-state index in [4.69, 9.17) is 0 Å². The molecular formula is C15H20N2O2S. The fourth-order valence-corrected chi connectivity index (χ4v) is 2.99. The van der Waals surface area contributed by atoms with Gasteiger partial charge in [-0.1, -0.05) is 26.0 Å². The largest absolute Gasteiger partial charge is 0.353 e. The molecule has 0 fully saturated rings. The molecule has 1 aromatic carbocycles. The van der Waals surface area contributed by atoms with Crippen LogP contribution in [0.2, 0.25) is 0 Å². The Kier molecular flexibility index (Phi) is 4.70. The van der Waals surface area contributed by atoms with Crippen LogP contribution >= 0.6 is 11.8 Å². The molecule has 108 valence electrons. The summed E-state index contributed by atoms with van der Waals surface area (Å²) in [7, 11) is 0. The smallest absolute Gasteiger partial charge is 0.238 e. The SMILES string of the molecule is CC(C)[C@@H](C)NC(=O)C[C@@H]1Sc2ccccc2NC1=O. The quantitative estimate of drug-likeness (QED) is 0.897. The maximum atomic E-state index is 12.0. The van der Waals surface area contributed by atoms with Crippen molar-refractivity contribution in [1.82, 2.24) is 5.32 Å². The van der Waals surface area contributed by atoms with Gasteiger partial charge in [-0.05, 0) is 25.0 Å². The second-order valence-electron chi connectivity index (χ2n) is 5.40. The lowest BCUT2D eigenvalue weighted by molar-refractivity contribution is -0.124. The molecule has 0 unspecified atom stereocenters. The Labute approximate surface area is 123 Å². The third kappa shape index (κ3) is 3.54. The molecule has 2 rings (SSSR count). The van der Waals surface area contributed by atoms with Crippen molar-refractivity contribution in [2.75, 3.05) is 5.32 Å². The standard InChI is InChI=1S/C15H20N2O2S/c1-9(2)10(3)16-14(18)8-13-15(19)17-11-6-4-5-7-12(11)20-13/h4-7,9-10,13H,8H2,1-3H3,(H,16,18)(H,17,19)/t10-,13+/m1/s1. The van der Waals surface area contributed by atoms with Gasteiger partial charge in [-0.25, -0.2) is 0 Å². The van der Waals surface area contributed by atoms with E-state index in [2.05, 4.69) is 24.5 Å². The van der Waals surface area contributed by atoms with Crippen molar-refractivity contribution >= 4 is 29.3 Å². The van der Waals surface area contributed by atoms with E-state index in [9.17, 15) is 9.59 Å². The van der Waals surface area contributed by atoms with Gasteiger partial charge in [-0.15, -0.1) is 11.8 Å². The number of nitrogens with one attached hydrogen (secondary N) is 2. The summed E-state index contributed by atoms with van der Waals surface area (Å²) in [4.78, 5) is 25.0. The van der Waals surface area contributed by atoms with E-state index in [-0.39, 0.29) is 29.5 Å². The molecule has 2 atom stereocenters. The second-order valence-corrected chi connectivity index (χ2v) is 6.64. The number of amides is 2. The molecule has 0 radical (unpaired) electrons. The van der Waals surface area contributed by atoms with Gasteiger partial charge in [0.1, 0.15) is 0 Å². The summed E-state index contributed by atoms with van der Waals surface area (Å²) in [5, 5.41) is 5.43. The van der Waals surface area contributed by atoms with Crippen molar-refractivity contribution in [3.8, 4) is 0 Å². The summed E-state index contributed by atoms with van der Waals surface area (Å²) in [6.07, 6.45) is 0.210. The third-order valence-corrected chi connectivity index (χ3v) is 4.74. The molecule has 1 aromatic rings. The van der Waals surface area contributed by atoms with E-state index in [1.807, 2.05) is 31.2 Å². The number of benzene rings is 1. The van der Waals surface area contributed by atoms with Gasteiger partial charge in [-0.2, -0.15) is 0 Å².